The smallest absolute Gasteiger partial charge is 0.286 e. The molecule has 1 heterocycles. The number of carbonyl (C=O) groups excluding carboxylic acids is 2. The third kappa shape index (κ3) is 5.20. The van der Waals surface area contributed by atoms with Crippen molar-refractivity contribution in [2.24, 2.45) is 0 Å². The Morgan fingerprint density at radius 2 is 1.66 bits per heavy atom. The number of methoxy groups -OCH3 is 2. The summed E-state index contributed by atoms with van der Waals surface area (Å²) in [5.74, 6) is -0.707. The van der Waals surface area contributed by atoms with Gasteiger partial charge in [0.1, 0.15) is 5.56 Å². The number of hydrogen-bond donors (Lipinski definition) is 1. The number of nitrogens with one attached hydrogen (secondary N) is 1. The molecular weight excluding hydrogens is 440 g/mol. The maximum Gasteiger partial charge on any atom is 0.286 e. The predicted molar refractivity (Wildman–Crippen MR) is 119 cm³/mol. The predicted octanol–water partition coefficient (Wildman–Crippen LogP) is 2.34. The van der Waals surface area contributed by atoms with Gasteiger partial charge in [-0.25, -0.2) is 0 Å². The van der Waals surface area contributed by atoms with Gasteiger partial charge in [-0.15, -0.1) is 0 Å². The number of hydrogen-bond acceptors (Lipinski definition) is 7. The third-order valence-corrected chi connectivity index (χ3v) is 5.42. The van der Waals surface area contributed by atoms with Crippen LogP contribution in [0.4, 0.5) is 11.4 Å². The molecule has 1 fully saturated rings. The first-order valence-electron chi connectivity index (χ1n) is 9.81. The molecule has 0 radical (unpaired) electrons. The monoisotopic (exact) mass is 462 g/mol. The van der Waals surface area contributed by atoms with Crippen LogP contribution < -0.4 is 19.7 Å². The number of nitro groups is 1. The minimum absolute atomic E-state index is 0.130. The molecule has 32 heavy (non-hydrogen) atoms. The number of piperazine rings is 1. The van der Waals surface area contributed by atoms with Gasteiger partial charge >= 0.3 is 0 Å². The molecule has 1 N–H and O–H groups in total. The minimum atomic E-state index is -0.745. The van der Waals surface area contributed by atoms with Gasteiger partial charge < -0.3 is 24.6 Å². The van der Waals surface area contributed by atoms with E-state index in [1.54, 1.807) is 4.90 Å². The highest BCUT2D eigenvalue weighted by Gasteiger charge is 2.26. The van der Waals surface area contributed by atoms with Crippen molar-refractivity contribution in [3.63, 3.8) is 0 Å². The van der Waals surface area contributed by atoms with E-state index in [-0.39, 0.29) is 29.5 Å². The highest BCUT2D eigenvalue weighted by atomic mass is 35.5. The fourth-order valence-electron chi connectivity index (χ4n) is 3.43. The van der Waals surface area contributed by atoms with Gasteiger partial charge in [0.2, 0.25) is 5.91 Å². The Bertz CT molecular complexity index is 1010. The number of benzene rings is 2. The lowest BCUT2D eigenvalue weighted by molar-refractivity contribution is -0.385. The molecular formula is C21H23ClN4O6. The quantitative estimate of drug-likeness (QED) is 0.496. The van der Waals surface area contributed by atoms with Crippen LogP contribution in [0.25, 0.3) is 0 Å². The molecule has 0 atom stereocenters. The Hall–Kier alpha value is -3.53. The number of nitrogens with zero attached hydrogens (tertiary/aromatic N) is 3. The highest BCUT2D eigenvalue weighted by molar-refractivity contribution is 6.30. The molecule has 3 rings (SSSR count). The number of anilines is 1. The highest BCUT2D eigenvalue weighted by Crippen LogP contribution is 2.34. The molecule has 2 aromatic rings. The second-order valence-electron chi connectivity index (χ2n) is 7.01. The summed E-state index contributed by atoms with van der Waals surface area (Å²) >= 11 is 5.92. The lowest BCUT2D eigenvalue weighted by Gasteiger charge is -2.36. The van der Waals surface area contributed by atoms with Crippen LogP contribution in [-0.2, 0) is 4.79 Å². The average molecular weight is 463 g/mol. The molecule has 1 saturated heterocycles. The van der Waals surface area contributed by atoms with Crippen LogP contribution >= 0.6 is 11.6 Å². The fourth-order valence-corrected chi connectivity index (χ4v) is 3.56. The van der Waals surface area contributed by atoms with Crippen LogP contribution in [-0.4, -0.2) is 68.6 Å². The molecule has 11 heteroatoms. The van der Waals surface area contributed by atoms with Crippen LogP contribution in [0.1, 0.15) is 10.4 Å². The Morgan fingerprint density at radius 1 is 1.06 bits per heavy atom. The van der Waals surface area contributed by atoms with Gasteiger partial charge in [-0.1, -0.05) is 11.6 Å². The maximum absolute atomic E-state index is 12.6. The number of amides is 2. The standard InChI is InChI=1S/C21H23ClN4O6/c1-31-18-11-16(17(26(29)30)12-19(18)32-2)21(28)23-13-20(27)25-9-7-24(8-10-25)15-5-3-14(22)4-6-15/h3-6,11-12H,7-10,13H2,1-2H3,(H,23,28). The van der Waals surface area contributed by atoms with E-state index < -0.39 is 16.5 Å². The van der Waals surface area contributed by atoms with E-state index in [0.29, 0.717) is 31.2 Å². The first-order chi connectivity index (χ1) is 15.3. The van der Waals surface area contributed by atoms with Gasteiger partial charge in [0.25, 0.3) is 11.6 Å². The zero-order valence-electron chi connectivity index (χ0n) is 17.7. The van der Waals surface area contributed by atoms with E-state index in [4.69, 9.17) is 21.1 Å². The van der Waals surface area contributed by atoms with Crippen molar-refractivity contribution >= 4 is 34.8 Å². The third-order valence-electron chi connectivity index (χ3n) is 5.17. The van der Waals surface area contributed by atoms with Gasteiger partial charge in [0, 0.05) is 43.0 Å². The summed E-state index contributed by atoms with van der Waals surface area (Å²) in [4.78, 5) is 39.6. The maximum atomic E-state index is 12.6. The summed E-state index contributed by atoms with van der Waals surface area (Å²) in [6.45, 7) is 2.00. The van der Waals surface area contributed by atoms with Gasteiger partial charge in [-0.05, 0) is 24.3 Å². The topological polar surface area (TPSA) is 114 Å². The van der Waals surface area contributed by atoms with Gasteiger partial charge in [0.05, 0.1) is 31.8 Å². The number of ether oxygens (including phenoxy) is 2. The molecule has 0 spiro atoms. The van der Waals surface area contributed by atoms with Crippen molar-refractivity contribution in [1.82, 2.24) is 10.2 Å². The summed E-state index contributed by atoms with van der Waals surface area (Å²) in [7, 11) is 2.70. The van der Waals surface area contributed by atoms with Crippen molar-refractivity contribution < 1.29 is 24.0 Å². The summed E-state index contributed by atoms with van der Waals surface area (Å²) < 4.78 is 10.2. The number of halogens is 1. The number of nitro benzene ring substituents is 1. The first kappa shape index (κ1) is 23.1. The lowest BCUT2D eigenvalue weighted by Crippen LogP contribution is -2.51. The largest absolute Gasteiger partial charge is 0.493 e. The van der Waals surface area contributed by atoms with E-state index in [2.05, 4.69) is 10.2 Å². The summed E-state index contributed by atoms with van der Waals surface area (Å²) in [6, 6.07) is 9.83. The zero-order chi connectivity index (χ0) is 23.3. The fraction of sp³-hybridized carbons (Fsp3) is 0.333. The zero-order valence-corrected chi connectivity index (χ0v) is 18.4. The summed E-state index contributed by atoms with van der Waals surface area (Å²) in [5, 5.41) is 14.5. The minimum Gasteiger partial charge on any atom is -0.493 e. The molecule has 1 aliphatic rings. The Balaban J connectivity index is 1.60. The van der Waals surface area contributed by atoms with Crippen molar-refractivity contribution in [2.75, 3.05) is 51.8 Å². The van der Waals surface area contributed by atoms with Crippen molar-refractivity contribution in [1.29, 1.82) is 0 Å². The summed E-state index contributed by atoms with van der Waals surface area (Å²) in [6.07, 6.45) is 0. The second kappa shape index (κ2) is 10.2. The molecule has 0 aliphatic carbocycles. The van der Waals surface area contributed by atoms with Crippen molar-refractivity contribution in [2.45, 2.75) is 0 Å². The normalized spacial score (nSPS) is 13.5. The van der Waals surface area contributed by atoms with Gasteiger partial charge in [-0.2, -0.15) is 0 Å². The number of rotatable bonds is 7. The summed E-state index contributed by atoms with van der Waals surface area (Å²) in [5.41, 5.74) is 0.368. The SMILES string of the molecule is COc1cc(C(=O)NCC(=O)N2CCN(c3ccc(Cl)cc3)CC2)c([N+](=O)[O-])cc1OC. The van der Waals surface area contributed by atoms with Crippen LogP contribution in [0.5, 0.6) is 11.5 Å². The van der Waals surface area contributed by atoms with E-state index >= 15 is 0 Å². The molecule has 10 nitrogen and oxygen atoms in total. The first-order valence-corrected chi connectivity index (χ1v) is 10.2. The van der Waals surface area contributed by atoms with Crippen molar-refractivity contribution in [3.8, 4) is 11.5 Å². The molecule has 1 aliphatic heterocycles. The number of carbonyl (C=O) groups is 2. The van der Waals surface area contributed by atoms with Crippen LogP contribution in [0.15, 0.2) is 36.4 Å². The van der Waals surface area contributed by atoms with Gasteiger partial charge in [-0.3, -0.25) is 19.7 Å². The Kier molecular flexibility index (Phi) is 7.37. The van der Waals surface area contributed by atoms with E-state index in [0.717, 1.165) is 11.8 Å². The van der Waals surface area contributed by atoms with Crippen LogP contribution in [0, 0.1) is 10.1 Å². The molecule has 0 unspecified atom stereocenters. The molecule has 2 aromatic carbocycles. The Labute approximate surface area is 189 Å². The molecule has 2 amide bonds. The van der Waals surface area contributed by atoms with Gasteiger partial charge in [0.15, 0.2) is 11.5 Å². The molecule has 170 valence electrons. The van der Waals surface area contributed by atoms with E-state index in [9.17, 15) is 19.7 Å². The Morgan fingerprint density at radius 3 is 2.22 bits per heavy atom. The van der Waals surface area contributed by atoms with Crippen LogP contribution in [0.3, 0.4) is 0 Å². The van der Waals surface area contributed by atoms with E-state index in [1.165, 1.54) is 20.3 Å². The molecule has 0 aromatic heterocycles. The van der Waals surface area contributed by atoms with Crippen molar-refractivity contribution in [3.05, 3.63) is 57.1 Å². The van der Waals surface area contributed by atoms with E-state index in [1.807, 2.05) is 24.3 Å². The average Bonchev–Trinajstić information content (AvgIpc) is 2.81. The molecule has 0 saturated carbocycles. The van der Waals surface area contributed by atoms with Crippen LogP contribution in [0.2, 0.25) is 5.02 Å². The second-order valence-corrected chi connectivity index (χ2v) is 7.44. The lowest BCUT2D eigenvalue weighted by atomic mass is 10.1. The molecule has 0 bridgehead atoms.